The lowest BCUT2D eigenvalue weighted by Gasteiger charge is -2.14. The summed E-state index contributed by atoms with van der Waals surface area (Å²) in [6, 6.07) is 62.3. The Hall–Kier alpha value is -6.19. The molecule has 218 valence electrons. The number of imidazole rings is 1. The molecule has 0 aliphatic rings. The first-order chi connectivity index (χ1) is 22.8. The molecule has 0 aliphatic heterocycles. The van der Waals surface area contributed by atoms with E-state index >= 15 is 0 Å². The second-order valence-electron chi connectivity index (χ2n) is 11.4. The molecule has 0 spiro atoms. The highest BCUT2D eigenvalue weighted by atomic mass is 16.1. The fraction of sp³-hybridized carbons (Fsp3) is 0. The number of rotatable bonds is 6. The monoisotopic (exact) mass is 590 g/mol. The largest absolute Gasteiger partial charge is 0.338 e. The van der Waals surface area contributed by atoms with Gasteiger partial charge in [-0.2, -0.15) is 0 Å². The summed E-state index contributed by atoms with van der Waals surface area (Å²) in [5.41, 5.74) is 12.1. The van der Waals surface area contributed by atoms with E-state index in [0.717, 1.165) is 66.9 Å². The van der Waals surface area contributed by atoms with Gasteiger partial charge in [0.2, 0.25) is 0 Å². The summed E-state index contributed by atoms with van der Waals surface area (Å²) in [7, 11) is 0. The molecule has 3 heteroatoms. The summed E-state index contributed by atoms with van der Waals surface area (Å²) in [6.45, 7) is 0. The Kier molecular flexibility index (Phi) is 6.97. The lowest BCUT2D eigenvalue weighted by Crippen LogP contribution is -2.22. The first-order valence-corrected chi connectivity index (χ1v) is 15.5. The highest BCUT2D eigenvalue weighted by Gasteiger charge is 2.19. The first kappa shape index (κ1) is 27.4. The van der Waals surface area contributed by atoms with Crippen molar-refractivity contribution in [3.05, 3.63) is 192 Å². The molecule has 0 saturated carbocycles. The van der Waals surface area contributed by atoms with Crippen LogP contribution in [0.1, 0.15) is 0 Å². The van der Waals surface area contributed by atoms with E-state index in [9.17, 15) is 4.79 Å². The van der Waals surface area contributed by atoms with Crippen LogP contribution in [0.3, 0.4) is 0 Å². The minimum Gasteiger partial charge on any atom is -0.260 e. The van der Waals surface area contributed by atoms with E-state index in [4.69, 9.17) is 0 Å². The maximum atomic E-state index is 14.6. The van der Waals surface area contributed by atoms with E-state index in [1.807, 2.05) is 57.7 Å². The summed E-state index contributed by atoms with van der Waals surface area (Å²) < 4.78 is 3.67. The molecular weight excluding hydrogens is 560 g/mol. The van der Waals surface area contributed by atoms with Crippen LogP contribution in [0, 0.1) is 0 Å². The first-order valence-electron chi connectivity index (χ1n) is 15.5. The Balaban J connectivity index is 1.35. The molecule has 0 N–H and O–H groups in total. The summed E-state index contributed by atoms with van der Waals surface area (Å²) in [5.74, 6) is 0. The lowest BCUT2D eigenvalue weighted by atomic mass is 9.94. The van der Waals surface area contributed by atoms with Gasteiger partial charge in [0, 0.05) is 0 Å². The zero-order valence-electron chi connectivity index (χ0n) is 25.1. The molecule has 8 rings (SSSR count). The molecule has 0 unspecified atom stereocenters. The van der Waals surface area contributed by atoms with Gasteiger partial charge in [0.1, 0.15) is 0 Å². The van der Waals surface area contributed by atoms with Gasteiger partial charge in [-0.25, -0.2) is 4.79 Å². The molecule has 0 saturated heterocycles. The Morgan fingerprint density at radius 3 is 0.957 bits per heavy atom. The van der Waals surface area contributed by atoms with E-state index < -0.39 is 0 Å². The van der Waals surface area contributed by atoms with Crippen LogP contribution in [-0.2, 0) is 0 Å². The summed E-state index contributed by atoms with van der Waals surface area (Å²) in [4.78, 5) is 14.6. The Labute approximate surface area is 267 Å². The molecule has 8 aromatic rings. The predicted octanol–water partition coefficient (Wildman–Crippen LogP) is 10.4. The molecular formula is C43H30N2O. The molecule has 3 nitrogen and oxygen atoms in total. The predicted molar refractivity (Wildman–Crippen MR) is 191 cm³/mol. The van der Waals surface area contributed by atoms with Gasteiger partial charge in [0.25, 0.3) is 0 Å². The maximum absolute atomic E-state index is 14.6. The average Bonchev–Trinajstić information content (AvgIpc) is 3.44. The van der Waals surface area contributed by atoms with Gasteiger partial charge in [-0.15, -0.1) is 0 Å². The smallest absolute Gasteiger partial charge is 0.260 e. The number of hydrogen-bond acceptors (Lipinski definition) is 1. The fourth-order valence-electron chi connectivity index (χ4n) is 6.44. The maximum Gasteiger partial charge on any atom is 0.338 e. The van der Waals surface area contributed by atoms with Gasteiger partial charge in [-0.05, 0) is 80.9 Å². The van der Waals surface area contributed by atoms with Crippen LogP contribution >= 0.6 is 0 Å². The number of benzene rings is 7. The zero-order chi connectivity index (χ0) is 30.9. The highest BCUT2D eigenvalue weighted by molar-refractivity contribution is 5.88. The topological polar surface area (TPSA) is 26.9 Å². The summed E-state index contributed by atoms with van der Waals surface area (Å²) in [6.07, 6.45) is 0. The van der Waals surface area contributed by atoms with Crippen LogP contribution in [-0.4, -0.2) is 9.13 Å². The standard InChI is InChI=1S/C43H30N2O/c46-43-44(35-25-27-37(31-15-5-1-6-16-31)39(29-35)33-19-9-3-10-20-33)41-23-13-14-24-42(41)45(43)36-26-28-38(32-17-7-2-8-18-32)40(30-36)34-21-11-4-12-22-34/h1-30H. The number of hydrogen-bond donors (Lipinski definition) is 0. The van der Waals surface area contributed by atoms with Crippen LogP contribution < -0.4 is 5.69 Å². The third kappa shape index (κ3) is 4.85. The number of aromatic nitrogens is 2. The van der Waals surface area contributed by atoms with Crippen molar-refractivity contribution < 1.29 is 0 Å². The molecule has 0 bridgehead atoms. The Bertz CT molecular complexity index is 2190. The van der Waals surface area contributed by atoms with Crippen molar-refractivity contribution in [2.45, 2.75) is 0 Å². The Morgan fingerprint density at radius 1 is 0.304 bits per heavy atom. The van der Waals surface area contributed by atoms with Crippen molar-refractivity contribution in [2.75, 3.05) is 0 Å². The molecule has 0 aliphatic carbocycles. The van der Waals surface area contributed by atoms with Gasteiger partial charge < -0.3 is 0 Å². The molecule has 7 aromatic carbocycles. The average molecular weight is 591 g/mol. The SMILES string of the molecule is O=c1n(-c2ccc(-c3ccccc3)c(-c3ccccc3)c2)c2ccccc2n1-c1ccc(-c2ccccc2)c(-c2ccccc2)c1. The molecule has 0 atom stereocenters. The van der Waals surface area contributed by atoms with Crippen molar-refractivity contribution in [1.29, 1.82) is 0 Å². The zero-order valence-corrected chi connectivity index (χ0v) is 25.1. The van der Waals surface area contributed by atoms with Crippen molar-refractivity contribution in [3.8, 4) is 55.9 Å². The van der Waals surface area contributed by atoms with E-state index in [1.54, 1.807) is 0 Å². The van der Waals surface area contributed by atoms with Crippen molar-refractivity contribution in [3.63, 3.8) is 0 Å². The van der Waals surface area contributed by atoms with Crippen LogP contribution in [0.15, 0.2) is 187 Å². The summed E-state index contributed by atoms with van der Waals surface area (Å²) >= 11 is 0. The van der Waals surface area contributed by atoms with Gasteiger partial charge in [0.05, 0.1) is 22.4 Å². The molecule has 1 heterocycles. The highest BCUT2D eigenvalue weighted by Crippen LogP contribution is 2.36. The molecule has 1 aromatic heterocycles. The normalized spacial score (nSPS) is 11.1. The van der Waals surface area contributed by atoms with Crippen LogP contribution in [0.25, 0.3) is 66.9 Å². The number of para-hydroxylation sites is 2. The lowest BCUT2D eigenvalue weighted by molar-refractivity contribution is 0.931. The number of nitrogens with zero attached hydrogens (tertiary/aromatic N) is 2. The van der Waals surface area contributed by atoms with Gasteiger partial charge in [0.15, 0.2) is 0 Å². The van der Waals surface area contributed by atoms with E-state index in [2.05, 4.69) is 133 Å². The van der Waals surface area contributed by atoms with Gasteiger partial charge in [-0.3, -0.25) is 9.13 Å². The van der Waals surface area contributed by atoms with E-state index in [-0.39, 0.29) is 5.69 Å². The van der Waals surface area contributed by atoms with Crippen LogP contribution in [0.2, 0.25) is 0 Å². The van der Waals surface area contributed by atoms with E-state index in [0.29, 0.717) is 0 Å². The molecule has 0 amide bonds. The minimum absolute atomic E-state index is 0.112. The summed E-state index contributed by atoms with van der Waals surface area (Å²) in [5, 5.41) is 0. The quantitative estimate of drug-likeness (QED) is 0.189. The molecule has 46 heavy (non-hydrogen) atoms. The van der Waals surface area contributed by atoms with Crippen molar-refractivity contribution >= 4 is 11.0 Å². The van der Waals surface area contributed by atoms with Crippen LogP contribution in [0.4, 0.5) is 0 Å². The van der Waals surface area contributed by atoms with Crippen LogP contribution in [0.5, 0.6) is 0 Å². The fourth-order valence-corrected chi connectivity index (χ4v) is 6.44. The second-order valence-corrected chi connectivity index (χ2v) is 11.4. The van der Waals surface area contributed by atoms with Gasteiger partial charge >= 0.3 is 5.69 Å². The third-order valence-corrected chi connectivity index (χ3v) is 8.61. The number of fused-ring (bicyclic) bond motifs is 1. The van der Waals surface area contributed by atoms with E-state index in [1.165, 1.54) is 0 Å². The second kappa shape index (κ2) is 11.7. The Morgan fingerprint density at radius 2 is 0.609 bits per heavy atom. The van der Waals surface area contributed by atoms with Crippen molar-refractivity contribution in [1.82, 2.24) is 9.13 Å². The third-order valence-electron chi connectivity index (χ3n) is 8.61. The van der Waals surface area contributed by atoms with Gasteiger partial charge in [-0.1, -0.05) is 146 Å². The molecule has 0 radical (unpaired) electrons. The van der Waals surface area contributed by atoms with Crippen molar-refractivity contribution in [2.24, 2.45) is 0 Å². The minimum atomic E-state index is -0.112. The molecule has 0 fully saturated rings.